The van der Waals surface area contributed by atoms with Crippen molar-refractivity contribution in [3.8, 4) is 11.5 Å². The Hall–Kier alpha value is -2.62. The first kappa shape index (κ1) is 22.1. The first-order valence-corrected chi connectivity index (χ1v) is 9.69. The lowest BCUT2D eigenvalue weighted by atomic mass is 10.2. The van der Waals surface area contributed by atoms with Crippen molar-refractivity contribution in [2.24, 2.45) is 4.99 Å². The van der Waals surface area contributed by atoms with Crippen LogP contribution < -0.4 is 10.2 Å². The Bertz CT molecular complexity index is 970. The summed E-state index contributed by atoms with van der Waals surface area (Å²) >= 11 is 0. The fourth-order valence-corrected chi connectivity index (χ4v) is 3.47. The maximum atomic E-state index is 14.0. The molecule has 1 aromatic heterocycles. The van der Waals surface area contributed by atoms with Crippen molar-refractivity contribution in [1.29, 1.82) is 0 Å². The summed E-state index contributed by atoms with van der Waals surface area (Å²) < 4.78 is 19.6. The summed E-state index contributed by atoms with van der Waals surface area (Å²) in [6.07, 6.45) is 1.67. The summed E-state index contributed by atoms with van der Waals surface area (Å²) in [5.74, 6) is 1.24. The number of rotatable bonds is 4. The monoisotopic (exact) mass is 521 g/mol. The minimum Gasteiger partial charge on any atom is -0.444 e. The molecule has 0 bridgehead atoms. The molecule has 1 aliphatic heterocycles. The van der Waals surface area contributed by atoms with E-state index in [2.05, 4.69) is 25.1 Å². The second-order valence-corrected chi connectivity index (χ2v) is 6.84. The van der Waals surface area contributed by atoms with Crippen LogP contribution in [0.1, 0.15) is 5.69 Å². The fraction of sp³-hybridized carbons (Fsp3) is 0.273. The van der Waals surface area contributed by atoms with Crippen LogP contribution in [0.25, 0.3) is 11.5 Å². The molecular formula is C22H25FIN5O. The fourth-order valence-electron chi connectivity index (χ4n) is 3.47. The normalized spacial score (nSPS) is 14.4. The van der Waals surface area contributed by atoms with Crippen molar-refractivity contribution >= 4 is 35.6 Å². The highest BCUT2D eigenvalue weighted by Gasteiger charge is 2.21. The van der Waals surface area contributed by atoms with Crippen molar-refractivity contribution < 1.29 is 8.81 Å². The molecule has 8 heteroatoms. The van der Waals surface area contributed by atoms with Crippen LogP contribution in [0.3, 0.4) is 0 Å². The number of hydrogen-bond donors (Lipinski definition) is 1. The molecule has 4 rings (SSSR count). The standard InChI is InChI=1S/C22H24FN5O.HI/c1-24-22(25-15-18-16-29-21(26-18)17-7-3-2-4-8-17)28-13-11-27(12-14-28)20-10-6-5-9-19(20)23;/h2-10,16H,11-15H2,1H3,(H,24,25);1H. The number of guanidine groups is 1. The van der Waals surface area contributed by atoms with Gasteiger partial charge in [-0.1, -0.05) is 30.3 Å². The average Bonchev–Trinajstić information content (AvgIpc) is 3.25. The number of nitrogens with zero attached hydrogens (tertiary/aromatic N) is 4. The van der Waals surface area contributed by atoms with Gasteiger partial charge in [0.1, 0.15) is 12.1 Å². The largest absolute Gasteiger partial charge is 0.444 e. The minimum atomic E-state index is -0.177. The maximum absolute atomic E-state index is 14.0. The number of para-hydroxylation sites is 1. The molecule has 0 radical (unpaired) electrons. The molecule has 0 unspecified atom stereocenters. The smallest absolute Gasteiger partial charge is 0.226 e. The molecule has 1 fully saturated rings. The van der Waals surface area contributed by atoms with Crippen molar-refractivity contribution in [2.45, 2.75) is 6.54 Å². The van der Waals surface area contributed by atoms with Gasteiger partial charge < -0.3 is 19.5 Å². The Morgan fingerprint density at radius 1 is 1.07 bits per heavy atom. The minimum absolute atomic E-state index is 0. The van der Waals surface area contributed by atoms with Crippen molar-refractivity contribution in [3.05, 3.63) is 72.4 Å². The molecule has 3 aromatic rings. The van der Waals surface area contributed by atoms with Gasteiger partial charge in [-0.05, 0) is 24.3 Å². The molecule has 6 nitrogen and oxygen atoms in total. The third kappa shape index (κ3) is 5.10. The molecule has 1 N–H and O–H groups in total. The van der Waals surface area contributed by atoms with E-state index in [0.29, 0.717) is 18.1 Å². The van der Waals surface area contributed by atoms with Crippen LogP contribution >= 0.6 is 24.0 Å². The van der Waals surface area contributed by atoms with Gasteiger partial charge in [-0.25, -0.2) is 9.37 Å². The summed E-state index contributed by atoms with van der Waals surface area (Å²) in [6.45, 7) is 3.54. The lowest BCUT2D eigenvalue weighted by Gasteiger charge is -2.37. The van der Waals surface area contributed by atoms with Crippen molar-refractivity contribution in [2.75, 3.05) is 38.1 Å². The van der Waals surface area contributed by atoms with Crippen molar-refractivity contribution in [3.63, 3.8) is 0 Å². The number of nitrogens with one attached hydrogen (secondary N) is 1. The lowest BCUT2D eigenvalue weighted by Crippen LogP contribution is -2.52. The molecule has 0 atom stereocenters. The number of aromatic nitrogens is 1. The molecule has 1 saturated heterocycles. The summed E-state index contributed by atoms with van der Waals surface area (Å²) in [4.78, 5) is 13.2. The highest BCUT2D eigenvalue weighted by atomic mass is 127. The third-order valence-electron chi connectivity index (χ3n) is 4.98. The number of halogens is 2. The Labute approximate surface area is 192 Å². The van der Waals surface area contributed by atoms with Crippen LogP contribution in [0, 0.1) is 5.82 Å². The zero-order valence-corrected chi connectivity index (χ0v) is 19.1. The van der Waals surface area contributed by atoms with Crippen LogP contribution in [0.4, 0.5) is 10.1 Å². The summed E-state index contributed by atoms with van der Waals surface area (Å²) in [7, 11) is 1.77. The summed E-state index contributed by atoms with van der Waals surface area (Å²) in [5.41, 5.74) is 2.42. The van der Waals surface area contributed by atoms with Crippen LogP contribution in [-0.2, 0) is 6.54 Å². The molecule has 0 amide bonds. The first-order valence-electron chi connectivity index (χ1n) is 9.69. The molecule has 158 valence electrons. The Balaban J connectivity index is 0.00000256. The second kappa shape index (κ2) is 10.4. The lowest BCUT2D eigenvalue weighted by molar-refractivity contribution is 0.370. The van der Waals surface area contributed by atoms with Gasteiger partial charge in [-0.3, -0.25) is 4.99 Å². The van der Waals surface area contributed by atoms with Crippen LogP contribution in [0.5, 0.6) is 0 Å². The van der Waals surface area contributed by atoms with E-state index in [1.165, 1.54) is 6.07 Å². The third-order valence-corrected chi connectivity index (χ3v) is 4.98. The predicted molar refractivity (Wildman–Crippen MR) is 128 cm³/mol. The molecule has 0 aliphatic carbocycles. The van der Waals surface area contributed by atoms with Gasteiger partial charge >= 0.3 is 0 Å². The SMILES string of the molecule is CN=C(NCc1coc(-c2ccccc2)n1)N1CCN(c2ccccc2F)CC1.I. The number of piperazine rings is 1. The Kier molecular flexibility index (Phi) is 7.67. The van der Waals surface area contributed by atoms with Gasteiger partial charge in [0, 0.05) is 38.8 Å². The number of benzene rings is 2. The number of anilines is 1. The number of oxazole rings is 1. The molecule has 2 heterocycles. The van der Waals surface area contributed by atoms with Gasteiger partial charge in [0.05, 0.1) is 17.9 Å². The topological polar surface area (TPSA) is 56.9 Å². The van der Waals surface area contributed by atoms with E-state index >= 15 is 0 Å². The van der Waals surface area contributed by atoms with E-state index in [1.807, 2.05) is 42.5 Å². The van der Waals surface area contributed by atoms with E-state index in [9.17, 15) is 4.39 Å². The second-order valence-electron chi connectivity index (χ2n) is 6.84. The average molecular weight is 521 g/mol. The van der Waals surface area contributed by atoms with Gasteiger partial charge in [-0.2, -0.15) is 0 Å². The first-order chi connectivity index (χ1) is 14.2. The molecule has 0 spiro atoms. The van der Waals surface area contributed by atoms with E-state index in [1.54, 1.807) is 19.4 Å². The highest BCUT2D eigenvalue weighted by molar-refractivity contribution is 14.0. The van der Waals surface area contributed by atoms with Gasteiger partial charge in [-0.15, -0.1) is 24.0 Å². The number of hydrogen-bond acceptors (Lipinski definition) is 4. The van der Waals surface area contributed by atoms with Gasteiger partial charge in [0.25, 0.3) is 0 Å². The Morgan fingerprint density at radius 3 is 2.47 bits per heavy atom. The highest BCUT2D eigenvalue weighted by Crippen LogP contribution is 2.20. The number of aliphatic imine (C=N–C) groups is 1. The maximum Gasteiger partial charge on any atom is 0.226 e. The van der Waals surface area contributed by atoms with Crippen LogP contribution in [0.2, 0.25) is 0 Å². The van der Waals surface area contributed by atoms with Gasteiger partial charge in [0.2, 0.25) is 5.89 Å². The Morgan fingerprint density at radius 2 is 1.77 bits per heavy atom. The zero-order valence-electron chi connectivity index (χ0n) is 16.8. The molecular weight excluding hydrogens is 496 g/mol. The predicted octanol–water partition coefficient (Wildman–Crippen LogP) is 4.00. The summed E-state index contributed by atoms with van der Waals surface area (Å²) in [5, 5.41) is 3.35. The van der Waals surface area contributed by atoms with Crippen LogP contribution in [0.15, 0.2) is 70.3 Å². The summed E-state index contributed by atoms with van der Waals surface area (Å²) in [6, 6.07) is 16.7. The molecule has 1 aliphatic rings. The van der Waals surface area contributed by atoms with Crippen molar-refractivity contribution in [1.82, 2.24) is 15.2 Å². The molecule has 0 saturated carbocycles. The van der Waals surface area contributed by atoms with E-state index in [0.717, 1.165) is 43.4 Å². The van der Waals surface area contributed by atoms with E-state index < -0.39 is 0 Å². The van der Waals surface area contributed by atoms with E-state index in [4.69, 9.17) is 4.42 Å². The van der Waals surface area contributed by atoms with Crippen LogP contribution in [-0.4, -0.2) is 49.1 Å². The zero-order chi connectivity index (χ0) is 20.1. The molecule has 30 heavy (non-hydrogen) atoms. The van der Waals surface area contributed by atoms with Gasteiger partial charge in [0.15, 0.2) is 5.96 Å². The molecule has 2 aromatic carbocycles. The quantitative estimate of drug-likeness (QED) is 0.320. The van der Waals surface area contributed by atoms with E-state index in [-0.39, 0.29) is 29.8 Å².